The van der Waals surface area contributed by atoms with E-state index in [2.05, 4.69) is 9.97 Å². The first-order valence-electron chi connectivity index (χ1n) is 9.47. The minimum Gasteiger partial charge on any atom is -0.507 e. The zero-order valence-corrected chi connectivity index (χ0v) is 18.5. The van der Waals surface area contributed by atoms with Gasteiger partial charge in [0, 0.05) is 28.0 Å². The lowest BCUT2D eigenvalue weighted by atomic mass is 9.96. The maximum atomic E-state index is 13.2. The third-order valence-corrected chi connectivity index (χ3v) is 6.60. The Morgan fingerprint density at radius 3 is 2.50 bits per heavy atom. The van der Waals surface area contributed by atoms with Crippen LogP contribution in [0.25, 0.3) is 16.0 Å². The van der Waals surface area contributed by atoms with Crippen molar-refractivity contribution in [3.8, 4) is 0 Å². The Morgan fingerprint density at radius 1 is 1.00 bits per heavy atom. The molecule has 1 fully saturated rings. The molecule has 0 saturated carbocycles. The van der Waals surface area contributed by atoms with Gasteiger partial charge in [-0.2, -0.15) is 0 Å². The normalized spacial score (nSPS) is 17.9. The van der Waals surface area contributed by atoms with Crippen LogP contribution < -0.4 is 4.90 Å². The fraction of sp³-hybridized carbons (Fsp3) is 0.0435. The molecule has 1 aliphatic heterocycles. The second-order valence-corrected chi connectivity index (χ2v) is 8.95. The number of rotatable bonds is 3. The number of carbonyl (C=O) groups is 2. The van der Waals surface area contributed by atoms with Gasteiger partial charge in [-0.15, -0.1) is 0 Å². The number of thiazole rings is 1. The van der Waals surface area contributed by atoms with E-state index in [0.717, 1.165) is 4.70 Å². The quantitative estimate of drug-likeness (QED) is 0.233. The lowest BCUT2D eigenvalue weighted by molar-refractivity contribution is -0.132. The van der Waals surface area contributed by atoms with Gasteiger partial charge in [-0.1, -0.05) is 46.7 Å². The highest BCUT2D eigenvalue weighted by Gasteiger charge is 2.48. The maximum Gasteiger partial charge on any atom is 0.301 e. The molecular weight excluding hydrogens is 469 g/mol. The summed E-state index contributed by atoms with van der Waals surface area (Å²) >= 11 is 13.5. The summed E-state index contributed by atoms with van der Waals surface area (Å²) in [5, 5.41) is 12.3. The number of nitrogens with zero attached hydrogens (tertiary/aromatic N) is 3. The number of aliphatic hydroxyl groups is 1. The van der Waals surface area contributed by atoms with Gasteiger partial charge in [-0.25, -0.2) is 4.98 Å². The molecule has 1 amide bonds. The van der Waals surface area contributed by atoms with Crippen LogP contribution in [0.5, 0.6) is 0 Å². The standard InChI is InChI=1S/C23H13Cl2N3O3S/c24-14-3-1-2-13(10-14)19-18(20(29)12-6-8-26-9-7-12)21(30)22(31)28(19)23-27-16-5-4-15(25)11-17(16)32-23/h1-11,19,29H. The van der Waals surface area contributed by atoms with Crippen molar-refractivity contribution in [3.63, 3.8) is 0 Å². The molecule has 4 aromatic rings. The highest BCUT2D eigenvalue weighted by molar-refractivity contribution is 7.22. The first kappa shape index (κ1) is 20.6. The second-order valence-electron chi connectivity index (χ2n) is 7.07. The number of carbonyl (C=O) groups excluding carboxylic acids is 2. The molecule has 1 aliphatic rings. The van der Waals surface area contributed by atoms with Crippen LogP contribution in [-0.2, 0) is 9.59 Å². The molecule has 6 nitrogen and oxygen atoms in total. The molecule has 5 rings (SSSR count). The van der Waals surface area contributed by atoms with E-state index >= 15 is 0 Å². The van der Waals surface area contributed by atoms with Crippen LogP contribution in [0.4, 0.5) is 5.13 Å². The fourth-order valence-corrected chi connectivity index (χ4v) is 5.14. The van der Waals surface area contributed by atoms with Gasteiger partial charge in [-0.05, 0) is 48.0 Å². The van der Waals surface area contributed by atoms with Crippen molar-refractivity contribution in [2.45, 2.75) is 6.04 Å². The van der Waals surface area contributed by atoms with Crippen LogP contribution in [0.3, 0.4) is 0 Å². The summed E-state index contributed by atoms with van der Waals surface area (Å²) in [4.78, 5) is 36.1. The molecule has 0 aliphatic carbocycles. The number of Topliss-reactive ketones (excluding diaryl/α,β-unsaturated/α-hetero) is 1. The summed E-state index contributed by atoms with van der Waals surface area (Å²) in [6.45, 7) is 0. The van der Waals surface area contributed by atoms with Gasteiger partial charge in [0.25, 0.3) is 5.78 Å². The number of benzene rings is 2. The molecular formula is C23H13Cl2N3O3S. The van der Waals surface area contributed by atoms with Crippen molar-refractivity contribution >= 4 is 67.3 Å². The van der Waals surface area contributed by atoms with E-state index in [4.69, 9.17) is 23.2 Å². The Hall–Kier alpha value is -3.26. The minimum absolute atomic E-state index is 0.0410. The highest BCUT2D eigenvalue weighted by atomic mass is 35.5. The highest BCUT2D eigenvalue weighted by Crippen LogP contribution is 2.44. The van der Waals surface area contributed by atoms with Crippen LogP contribution >= 0.6 is 34.5 Å². The third-order valence-electron chi connectivity index (χ3n) is 5.11. The zero-order valence-electron chi connectivity index (χ0n) is 16.2. The van der Waals surface area contributed by atoms with E-state index in [9.17, 15) is 14.7 Å². The van der Waals surface area contributed by atoms with Crippen molar-refractivity contribution in [1.29, 1.82) is 0 Å². The van der Waals surface area contributed by atoms with Crippen LogP contribution in [0.2, 0.25) is 10.0 Å². The van der Waals surface area contributed by atoms with Gasteiger partial charge in [0.2, 0.25) is 0 Å². The number of ketones is 1. The molecule has 1 N–H and O–H groups in total. The number of fused-ring (bicyclic) bond motifs is 1. The smallest absolute Gasteiger partial charge is 0.301 e. The van der Waals surface area contributed by atoms with Crippen molar-refractivity contribution in [3.05, 3.63) is 93.7 Å². The fourth-order valence-electron chi connectivity index (χ4n) is 3.68. The van der Waals surface area contributed by atoms with Crippen molar-refractivity contribution < 1.29 is 14.7 Å². The second kappa shape index (κ2) is 8.02. The molecule has 1 unspecified atom stereocenters. The minimum atomic E-state index is -0.905. The van der Waals surface area contributed by atoms with Crippen molar-refractivity contribution in [2.75, 3.05) is 4.90 Å². The Kier molecular flexibility index (Phi) is 5.17. The van der Waals surface area contributed by atoms with Crippen molar-refractivity contribution in [1.82, 2.24) is 9.97 Å². The van der Waals surface area contributed by atoms with Gasteiger partial charge in [0.1, 0.15) is 5.76 Å². The molecule has 9 heteroatoms. The number of hydrogen-bond acceptors (Lipinski definition) is 6. The number of pyridine rings is 1. The van der Waals surface area contributed by atoms with Gasteiger partial charge in [-0.3, -0.25) is 19.5 Å². The summed E-state index contributed by atoms with van der Waals surface area (Å²) in [7, 11) is 0. The molecule has 0 spiro atoms. The molecule has 0 bridgehead atoms. The van der Waals surface area contributed by atoms with Crippen LogP contribution in [0, 0.1) is 0 Å². The van der Waals surface area contributed by atoms with Gasteiger partial charge in [0.05, 0.1) is 21.8 Å². The summed E-state index contributed by atoms with van der Waals surface area (Å²) in [5.41, 5.74) is 1.56. The molecule has 3 heterocycles. The molecule has 158 valence electrons. The van der Waals surface area contributed by atoms with E-state index in [-0.39, 0.29) is 11.3 Å². The lowest BCUT2D eigenvalue weighted by Gasteiger charge is -2.23. The first-order valence-corrected chi connectivity index (χ1v) is 11.0. The molecule has 1 saturated heterocycles. The number of halogens is 2. The van der Waals surface area contributed by atoms with Crippen LogP contribution in [-0.4, -0.2) is 26.8 Å². The number of aromatic nitrogens is 2. The van der Waals surface area contributed by atoms with E-state index < -0.39 is 17.7 Å². The van der Waals surface area contributed by atoms with Crippen LogP contribution in [0.1, 0.15) is 17.2 Å². The predicted octanol–water partition coefficient (Wildman–Crippen LogP) is 5.62. The summed E-state index contributed by atoms with van der Waals surface area (Å²) in [6.07, 6.45) is 2.99. The zero-order chi connectivity index (χ0) is 22.4. The van der Waals surface area contributed by atoms with E-state index in [1.165, 1.54) is 28.6 Å². The maximum absolute atomic E-state index is 13.2. The largest absolute Gasteiger partial charge is 0.507 e. The summed E-state index contributed by atoms with van der Waals surface area (Å²) in [5.74, 6) is -1.88. The van der Waals surface area contributed by atoms with E-state index in [0.29, 0.717) is 31.8 Å². The Balaban J connectivity index is 1.75. The Morgan fingerprint density at radius 2 is 1.75 bits per heavy atom. The Bertz CT molecular complexity index is 1420. The number of anilines is 1. The Labute approximate surface area is 196 Å². The average molecular weight is 482 g/mol. The summed E-state index contributed by atoms with van der Waals surface area (Å²) < 4.78 is 0.772. The molecule has 32 heavy (non-hydrogen) atoms. The number of amides is 1. The topological polar surface area (TPSA) is 83.4 Å². The number of hydrogen-bond donors (Lipinski definition) is 1. The van der Waals surface area contributed by atoms with Gasteiger partial charge >= 0.3 is 5.91 Å². The van der Waals surface area contributed by atoms with Crippen LogP contribution in [0.15, 0.2) is 72.6 Å². The molecule has 2 aromatic heterocycles. The molecule has 2 aromatic carbocycles. The third kappa shape index (κ3) is 3.44. The van der Waals surface area contributed by atoms with E-state index in [1.807, 2.05) is 0 Å². The monoisotopic (exact) mass is 481 g/mol. The molecule has 1 atom stereocenters. The molecule has 0 radical (unpaired) electrons. The average Bonchev–Trinajstić information content (AvgIpc) is 3.32. The summed E-state index contributed by atoms with van der Waals surface area (Å²) in [6, 6.07) is 14.3. The predicted molar refractivity (Wildman–Crippen MR) is 125 cm³/mol. The first-order chi connectivity index (χ1) is 15.4. The number of aliphatic hydroxyl groups excluding tert-OH is 1. The SMILES string of the molecule is O=C1C(=O)N(c2nc3ccc(Cl)cc3s2)C(c2cccc(Cl)c2)C1=C(O)c1ccncc1. The lowest BCUT2D eigenvalue weighted by Crippen LogP contribution is -2.29. The van der Waals surface area contributed by atoms with Crippen molar-refractivity contribution in [2.24, 2.45) is 0 Å². The van der Waals surface area contributed by atoms with Gasteiger partial charge in [0.15, 0.2) is 5.13 Å². The van der Waals surface area contributed by atoms with Gasteiger partial charge < -0.3 is 5.11 Å². The van der Waals surface area contributed by atoms with E-state index in [1.54, 1.807) is 54.6 Å².